The SMILES string of the molecule is CCNC(=NCc1ccc(N(C)C)cc1C)NC1CCC(=O)N(C)C1. The average molecular weight is 345 g/mol. The summed E-state index contributed by atoms with van der Waals surface area (Å²) in [4.78, 5) is 20.2. The number of aliphatic imine (C=N–C) groups is 1. The highest BCUT2D eigenvalue weighted by Gasteiger charge is 2.23. The van der Waals surface area contributed by atoms with Crippen molar-refractivity contribution >= 4 is 17.6 Å². The zero-order chi connectivity index (χ0) is 18.4. The molecule has 1 aromatic rings. The van der Waals surface area contributed by atoms with Crippen molar-refractivity contribution in [2.24, 2.45) is 4.99 Å². The smallest absolute Gasteiger partial charge is 0.222 e. The molecule has 0 spiro atoms. The van der Waals surface area contributed by atoms with Crippen LogP contribution in [0, 0.1) is 6.92 Å². The number of carbonyl (C=O) groups is 1. The van der Waals surface area contributed by atoms with Crippen molar-refractivity contribution in [3.8, 4) is 0 Å². The maximum atomic E-state index is 11.6. The third kappa shape index (κ3) is 5.37. The first kappa shape index (κ1) is 19.1. The van der Waals surface area contributed by atoms with Gasteiger partial charge in [0, 0.05) is 52.4 Å². The van der Waals surface area contributed by atoms with Crippen LogP contribution in [0.3, 0.4) is 0 Å². The van der Waals surface area contributed by atoms with Gasteiger partial charge in [-0.3, -0.25) is 4.79 Å². The molecular weight excluding hydrogens is 314 g/mol. The van der Waals surface area contributed by atoms with Crippen molar-refractivity contribution < 1.29 is 4.79 Å². The second-order valence-electron chi connectivity index (χ2n) is 6.85. The number of piperidine rings is 1. The summed E-state index contributed by atoms with van der Waals surface area (Å²) in [6, 6.07) is 6.70. The van der Waals surface area contributed by atoms with Gasteiger partial charge in [-0.15, -0.1) is 0 Å². The summed E-state index contributed by atoms with van der Waals surface area (Å²) in [6.07, 6.45) is 1.45. The summed E-state index contributed by atoms with van der Waals surface area (Å²) in [5, 5.41) is 6.77. The Bertz CT molecular complexity index is 626. The minimum absolute atomic E-state index is 0.219. The molecule has 6 heteroatoms. The van der Waals surface area contributed by atoms with E-state index in [0.29, 0.717) is 13.0 Å². The lowest BCUT2D eigenvalue weighted by Gasteiger charge is -2.31. The van der Waals surface area contributed by atoms with Crippen LogP contribution in [0.5, 0.6) is 0 Å². The van der Waals surface area contributed by atoms with Crippen molar-refractivity contribution in [2.75, 3.05) is 39.1 Å². The predicted molar refractivity (Wildman–Crippen MR) is 104 cm³/mol. The Morgan fingerprint density at radius 2 is 2.16 bits per heavy atom. The van der Waals surface area contributed by atoms with Crippen LogP contribution in [0.2, 0.25) is 0 Å². The van der Waals surface area contributed by atoms with Gasteiger partial charge in [-0.25, -0.2) is 4.99 Å². The molecule has 1 atom stereocenters. The number of hydrogen-bond donors (Lipinski definition) is 2. The number of hydrogen-bond acceptors (Lipinski definition) is 3. The molecule has 0 aromatic heterocycles. The van der Waals surface area contributed by atoms with Crippen LogP contribution in [0.4, 0.5) is 5.69 Å². The van der Waals surface area contributed by atoms with Gasteiger partial charge in [-0.1, -0.05) is 6.07 Å². The first-order valence-electron chi connectivity index (χ1n) is 8.96. The molecule has 0 bridgehead atoms. The fraction of sp³-hybridized carbons (Fsp3) is 0.579. The molecule has 2 rings (SSSR count). The molecule has 0 radical (unpaired) electrons. The fourth-order valence-corrected chi connectivity index (χ4v) is 2.94. The molecule has 0 saturated carbocycles. The predicted octanol–water partition coefficient (Wildman–Crippen LogP) is 1.74. The molecular formula is C19H31N5O. The fourth-order valence-electron chi connectivity index (χ4n) is 2.94. The van der Waals surface area contributed by atoms with Gasteiger partial charge in [-0.05, 0) is 43.5 Å². The third-order valence-electron chi connectivity index (χ3n) is 4.56. The quantitative estimate of drug-likeness (QED) is 0.630. The van der Waals surface area contributed by atoms with E-state index >= 15 is 0 Å². The first-order valence-corrected chi connectivity index (χ1v) is 8.96. The van der Waals surface area contributed by atoms with Crippen molar-refractivity contribution in [1.29, 1.82) is 0 Å². The number of benzene rings is 1. The molecule has 1 saturated heterocycles. The van der Waals surface area contributed by atoms with E-state index in [1.165, 1.54) is 16.8 Å². The van der Waals surface area contributed by atoms with Crippen molar-refractivity contribution in [1.82, 2.24) is 15.5 Å². The number of amides is 1. The van der Waals surface area contributed by atoms with E-state index in [2.05, 4.69) is 47.6 Å². The highest BCUT2D eigenvalue weighted by Crippen LogP contribution is 2.18. The number of nitrogens with one attached hydrogen (secondary N) is 2. The number of anilines is 1. The standard InChI is InChI=1S/C19H31N5O/c1-6-20-19(22-16-8-10-18(25)24(5)13-16)21-12-15-7-9-17(23(3)4)11-14(15)2/h7,9,11,16H,6,8,10,12-13H2,1-5H3,(H2,20,21,22). The van der Waals surface area contributed by atoms with Crippen LogP contribution in [0.15, 0.2) is 23.2 Å². The Balaban J connectivity index is 2.03. The molecule has 1 aromatic carbocycles. The van der Waals surface area contributed by atoms with Crippen molar-refractivity contribution in [3.05, 3.63) is 29.3 Å². The van der Waals surface area contributed by atoms with Gasteiger partial charge in [0.2, 0.25) is 5.91 Å². The third-order valence-corrected chi connectivity index (χ3v) is 4.56. The molecule has 1 aliphatic heterocycles. The Hall–Kier alpha value is -2.24. The van der Waals surface area contributed by atoms with Gasteiger partial charge in [0.15, 0.2) is 5.96 Å². The number of aryl methyl sites for hydroxylation is 1. The number of carbonyl (C=O) groups excluding carboxylic acids is 1. The van der Waals surface area contributed by atoms with Gasteiger partial charge < -0.3 is 20.4 Å². The first-order chi connectivity index (χ1) is 11.9. The van der Waals surface area contributed by atoms with E-state index in [0.717, 1.165) is 25.5 Å². The Kier molecular flexibility index (Phi) is 6.67. The second-order valence-corrected chi connectivity index (χ2v) is 6.85. The lowest BCUT2D eigenvalue weighted by atomic mass is 10.1. The number of nitrogens with zero attached hydrogens (tertiary/aromatic N) is 3. The van der Waals surface area contributed by atoms with Gasteiger partial charge >= 0.3 is 0 Å². The van der Waals surface area contributed by atoms with E-state index in [9.17, 15) is 4.79 Å². The van der Waals surface area contributed by atoms with Crippen LogP contribution >= 0.6 is 0 Å². The molecule has 2 N–H and O–H groups in total. The highest BCUT2D eigenvalue weighted by molar-refractivity contribution is 5.81. The molecule has 0 aliphatic carbocycles. The zero-order valence-corrected chi connectivity index (χ0v) is 16.1. The van der Waals surface area contributed by atoms with E-state index in [1.807, 2.05) is 21.1 Å². The molecule has 1 amide bonds. The molecule has 25 heavy (non-hydrogen) atoms. The van der Waals surface area contributed by atoms with Crippen LogP contribution in [-0.2, 0) is 11.3 Å². The molecule has 1 unspecified atom stereocenters. The lowest BCUT2D eigenvalue weighted by Crippen LogP contribution is -2.51. The van der Waals surface area contributed by atoms with Crippen LogP contribution in [0.1, 0.15) is 30.9 Å². The van der Waals surface area contributed by atoms with Crippen LogP contribution in [0.25, 0.3) is 0 Å². The monoisotopic (exact) mass is 345 g/mol. The molecule has 138 valence electrons. The van der Waals surface area contributed by atoms with Crippen LogP contribution < -0.4 is 15.5 Å². The van der Waals surface area contributed by atoms with E-state index in [4.69, 9.17) is 4.99 Å². The Morgan fingerprint density at radius 1 is 1.40 bits per heavy atom. The summed E-state index contributed by atoms with van der Waals surface area (Å²) in [6.45, 7) is 6.35. The van der Waals surface area contributed by atoms with E-state index in [1.54, 1.807) is 4.90 Å². The highest BCUT2D eigenvalue weighted by atomic mass is 16.2. The van der Waals surface area contributed by atoms with Gasteiger partial charge in [0.1, 0.15) is 0 Å². The molecule has 1 heterocycles. The van der Waals surface area contributed by atoms with Crippen molar-refractivity contribution in [2.45, 2.75) is 39.3 Å². The molecule has 1 aliphatic rings. The van der Waals surface area contributed by atoms with Crippen LogP contribution in [-0.4, -0.2) is 57.0 Å². The number of rotatable bonds is 5. The molecule has 1 fully saturated rings. The summed E-state index contributed by atoms with van der Waals surface area (Å²) in [5.41, 5.74) is 3.66. The maximum absolute atomic E-state index is 11.6. The molecule has 6 nitrogen and oxygen atoms in total. The van der Waals surface area contributed by atoms with Gasteiger partial charge in [0.25, 0.3) is 0 Å². The van der Waals surface area contributed by atoms with Crippen molar-refractivity contribution in [3.63, 3.8) is 0 Å². The number of likely N-dealkylation sites (N-methyl/N-ethyl adjacent to an activating group) is 1. The maximum Gasteiger partial charge on any atom is 0.222 e. The average Bonchev–Trinajstić information content (AvgIpc) is 2.57. The topological polar surface area (TPSA) is 60.0 Å². The normalized spacial score (nSPS) is 18.3. The summed E-state index contributed by atoms with van der Waals surface area (Å²) >= 11 is 0. The minimum Gasteiger partial charge on any atom is -0.378 e. The van der Waals surface area contributed by atoms with Gasteiger partial charge in [-0.2, -0.15) is 0 Å². The lowest BCUT2D eigenvalue weighted by molar-refractivity contribution is -0.132. The van der Waals surface area contributed by atoms with E-state index < -0.39 is 0 Å². The zero-order valence-electron chi connectivity index (χ0n) is 16.1. The number of likely N-dealkylation sites (tertiary alicyclic amines) is 1. The summed E-state index contributed by atoms with van der Waals surface area (Å²) in [5.74, 6) is 1.03. The second kappa shape index (κ2) is 8.74. The number of guanidine groups is 1. The largest absolute Gasteiger partial charge is 0.378 e. The Morgan fingerprint density at radius 3 is 2.76 bits per heavy atom. The van der Waals surface area contributed by atoms with Gasteiger partial charge in [0.05, 0.1) is 6.54 Å². The summed E-state index contributed by atoms with van der Waals surface area (Å²) in [7, 11) is 5.95. The Labute approximate surface area is 151 Å². The summed E-state index contributed by atoms with van der Waals surface area (Å²) < 4.78 is 0. The minimum atomic E-state index is 0.219. The van der Waals surface area contributed by atoms with E-state index in [-0.39, 0.29) is 11.9 Å².